The van der Waals surface area contributed by atoms with Crippen molar-refractivity contribution >= 4 is 35.2 Å². The van der Waals surface area contributed by atoms with Crippen LogP contribution in [0.2, 0.25) is 5.02 Å². The van der Waals surface area contributed by atoms with E-state index in [9.17, 15) is 9.59 Å². The van der Waals surface area contributed by atoms with Crippen LogP contribution >= 0.6 is 11.6 Å². The maximum absolute atomic E-state index is 11.7. The summed E-state index contributed by atoms with van der Waals surface area (Å²) in [6.45, 7) is 3.40. The maximum atomic E-state index is 11.7. The number of nitrogens with one attached hydrogen (secondary N) is 1. The van der Waals surface area contributed by atoms with Crippen molar-refractivity contribution in [3.05, 3.63) is 52.3 Å². The molecule has 126 valence electrons. The van der Waals surface area contributed by atoms with Crippen LogP contribution in [0.1, 0.15) is 17.0 Å². The fourth-order valence-corrected chi connectivity index (χ4v) is 2.22. The van der Waals surface area contributed by atoms with Crippen LogP contribution in [0, 0.1) is 13.8 Å². The minimum absolute atomic E-state index is 0.364. The Labute approximate surface area is 145 Å². The van der Waals surface area contributed by atoms with E-state index in [0.29, 0.717) is 10.7 Å². The zero-order valence-corrected chi connectivity index (χ0v) is 14.4. The molecule has 1 N–H and O–H groups in total. The number of hydrogen-bond donors (Lipinski definition) is 1. The summed E-state index contributed by atoms with van der Waals surface area (Å²) in [5.41, 5.74) is 3.20. The topological polar surface area (TPSA) is 73.2 Å². The first-order chi connectivity index (χ1) is 11.4. The molecule has 2 rings (SSSR count). The van der Waals surface area contributed by atoms with E-state index >= 15 is 0 Å². The van der Waals surface area contributed by atoms with Crippen molar-refractivity contribution < 1.29 is 14.3 Å². The number of hydrogen-bond acceptors (Lipinski definition) is 4. The Bertz CT molecular complexity index is 779. The molecule has 0 aliphatic heterocycles. The quantitative estimate of drug-likeness (QED) is 0.666. The number of carbonyl (C=O) groups excluding carboxylic acids is 2. The molecule has 0 fully saturated rings. The first-order valence-corrected chi connectivity index (χ1v) is 7.65. The van der Waals surface area contributed by atoms with Crippen LogP contribution in [0.3, 0.4) is 0 Å². The standard InChI is InChI=1S/C17H18ClN3O3/c1-11-15(12(2)21(3)20-11)8-9-17(23)24-10-16(22)19-14-6-4-13(18)5-7-14/h4-9H,10H2,1-3H3,(H,19,22)/b9-8+. The third-order valence-corrected chi connectivity index (χ3v) is 3.68. The lowest BCUT2D eigenvalue weighted by Crippen LogP contribution is -2.20. The van der Waals surface area contributed by atoms with Gasteiger partial charge in [0.05, 0.1) is 5.69 Å². The minimum Gasteiger partial charge on any atom is -0.452 e. The molecule has 0 spiro atoms. The van der Waals surface area contributed by atoms with Crippen LogP contribution in [0.25, 0.3) is 6.08 Å². The first kappa shape index (κ1) is 17.7. The summed E-state index contributed by atoms with van der Waals surface area (Å²) >= 11 is 5.76. The average Bonchev–Trinajstić information content (AvgIpc) is 2.78. The summed E-state index contributed by atoms with van der Waals surface area (Å²) in [5, 5.41) is 7.44. The van der Waals surface area contributed by atoms with E-state index in [-0.39, 0.29) is 6.61 Å². The summed E-state index contributed by atoms with van der Waals surface area (Å²) in [4.78, 5) is 23.4. The van der Waals surface area contributed by atoms with Gasteiger partial charge >= 0.3 is 5.97 Å². The molecule has 7 heteroatoms. The van der Waals surface area contributed by atoms with Gasteiger partial charge in [-0.25, -0.2) is 4.79 Å². The van der Waals surface area contributed by atoms with Crippen molar-refractivity contribution in [3.8, 4) is 0 Å². The lowest BCUT2D eigenvalue weighted by Gasteiger charge is -2.05. The number of carbonyl (C=O) groups is 2. The molecule has 0 saturated heterocycles. The van der Waals surface area contributed by atoms with Crippen LogP contribution < -0.4 is 5.32 Å². The highest BCUT2D eigenvalue weighted by atomic mass is 35.5. The largest absolute Gasteiger partial charge is 0.452 e. The van der Waals surface area contributed by atoms with Gasteiger partial charge in [-0.05, 0) is 44.2 Å². The Morgan fingerprint density at radius 2 is 1.96 bits per heavy atom. The van der Waals surface area contributed by atoms with Crippen LogP contribution in [-0.4, -0.2) is 28.3 Å². The van der Waals surface area contributed by atoms with Gasteiger partial charge in [0.2, 0.25) is 0 Å². The van der Waals surface area contributed by atoms with Gasteiger partial charge in [0.15, 0.2) is 6.61 Å². The number of amides is 1. The smallest absolute Gasteiger partial charge is 0.331 e. The molecule has 0 bridgehead atoms. The van der Waals surface area contributed by atoms with Crippen molar-refractivity contribution in [1.29, 1.82) is 0 Å². The Kier molecular flexibility index (Phi) is 5.76. The average molecular weight is 348 g/mol. The molecule has 1 aromatic carbocycles. The van der Waals surface area contributed by atoms with Gasteiger partial charge in [0, 0.05) is 35.1 Å². The van der Waals surface area contributed by atoms with Crippen molar-refractivity contribution in [2.75, 3.05) is 11.9 Å². The highest BCUT2D eigenvalue weighted by Gasteiger charge is 2.08. The summed E-state index contributed by atoms with van der Waals surface area (Å²) < 4.78 is 6.65. The first-order valence-electron chi connectivity index (χ1n) is 7.27. The fourth-order valence-electron chi connectivity index (χ4n) is 2.10. The van der Waals surface area contributed by atoms with E-state index in [1.165, 1.54) is 6.08 Å². The molecule has 1 aromatic heterocycles. The normalized spacial score (nSPS) is 10.8. The van der Waals surface area contributed by atoms with Crippen molar-refractivity contribution in [2.24, 2.45) is 7.05 Å². The molecule has 24 heavy (non-hydrogen) atoms. The highest BCUT2D eigenvalue weighted by molar-refractivity contribution is 6.30. The fraction of sp³-hybridized carbons (Fsp3) is 0.235. The van der Waals surface area contributed by atoms with Gasteiger partial charge in [-0.3, -0.25) is 9.48 Å². The molecular weight excluding hydrogens is 330 g/mol. The molecular formula is C17H18ClN3O3. The van der Waals surface area contributed by atoms with Gasteiger partial charge in [0.1, 0.15) is 0 Å². The van der Waals surface area contributed by atoms with E-state index in [0.717, 1.165) is 17.0 Å². The number of halogens is 1. The highest BCUT2D eigenvalue weighted by Crippen LogP contribution is 2.14. The van der Waals surface area contributed by atoms with Gasteiger partial charge in [-0.2, -0.15) is 5.10 Å². The maximum Gasteiger partial charge on any atom is 0.331 e. The number of benzene rings is 1. The Balaban J connectivity index is 1.85. The molecule has 1 amide bonds. The van der Waals surface area contributed by atoms with Gasteiger partial charge in [-0.1, -0.05) is 11.6 Å². The molecule has 0 radical (unpaired) electrons. The number of aromatic nitrogens is 2. The minimum atomic E-state index is -0.594. The van der Waals surface area contributed by atoms with Crippen molar-refractivity contribution in [3.63, 3.8) is 0 Å². The van der Waals surface area contributed by atoms with Crippen molar-refractivity contribution in [1.82, 2.24) is 9.78 Å². The predicted molar refractivity (Wildman–Crippen MR) is 92.8 cm³/mol. The Morgan fingerprint density at radius 1 is 1.29 bits per heavy atom. The van der Waals surface area contributed by atoms with E-state index in [2.05, 4.69) is 10.4 Å². The number of aryl methyl sites for hydroxylation is 2. The third kappa shape index (κ3) is 4.70. The monoisotopic (exact) mass is 347 g/mol. The van der Waals surface area contributed by atoms with Gasteiger partial charge in [-0.15, -0.1) is 0 Å². The van der Waals surface area contributed by atoms with Gasteiger partial charge < -0.3 is 10.1 Å². The van der Waals surface area contributed by atoms with Crippen LogP contribution in [0.5, 0.6) is 0 Å². The molecule has 0 aliphatic rings. The van der Waals surface area contributed by atoms with Crippen LogP contribution in [0.15, 0.2) is 30.3 Å². The van der Waals surface area contributed by atoms with E-state index in [1.54, 1.807) is 35.0 Å². The van der Waals surface area contributed by atoms with E-state index in [1.807, 2.05) is 20.9 Å². The lowest BCUT2D eigenvalue weighted by molar-refractivity contribution is -0.142. The molecule has 0 saturated carbocycles. The van der Waals surface area contributed by atoms with E-state index < -0.39 is 11.9 Å². The predicted octanol–water partition coefficient (Wildman–Crippen LogP) is 2.89. The number of esters is 1. The molecule has 0 aliphatic carbocycles. The summed E-state index contributed by atoms with van der Waals surface area (Å²) in [5.74, 6) is -1.02. The number of nitrogens with zero attached hydrogens (tertiary/aromatic N) is 2. The zero-order valence-electron chi connectivity index (χ0n) is 13.7. The third-order valence-electron chi connectivity index (χ3n) is 3.42. The molecule has 0 atom stereocenters. The Morgan fingerprint density at radius 3 is 2.54 bits per heavy atom. The summed E-state index contributed by atoms with van der Waals surface area (Å²) in [6.07, 6.45) is 2.92. The zero-order chi connectivity index (χ0) is 17.7. The number of rotatable bonds is 5. The summed E-state index contributed by atoms with van der Waals surface area (Å²) in [7, 11) is 1.83. The lowest BCUT2D eigenvalue weighted by atomic mass is 10.2. The van der Waals surface area contributed by atoms with Crippen LogP contribution in [0.4, 0.5) is 5.69 Å². The second-order valence-corrected chi connectivity index (χ2v) is 5.64. The van der Waals surface area contributed by atoms with Crippen molar-refractivity contribution in [2.45, 2.75) is 13.8 Å². The molecule has 2 aromatic rings. The second kappa shape index (κ2) is 7.79. The van der Waals surface area contributed by atoms with Gasteiger partial charge in [0.25, 0.3) is 5.91 Å². The van der Waals surface area contributed by atoms with Crippen LogP contribution in [-0.2, 0) is 21.4 Å². The SMILES string of the molecule is Cc1nn(C)c(C)c1/C=C/C(=O)OCC(=O)Nc1ccc(Cl)cc1. The second-order valence-electron chi connectivity index (χ2n) is 5.20. The Hall–Kier alpha value is -2.60. The number of anilines is 1. The molecule has 6 nitrogen and oxygen atoms in total. The van der Waals surface area contributed by atoms with E-state index in [4.69, 9.17) is 16.3 Å². The molecule has 0 unspecified atom stereocenters. The number of ether oxygens (including phenoxy) is 1. The molecule has 1 heterocycles. The summed E-state index contributed by atoms with van der Waals surface area (Å²) in [6, 6.07) is 6.64.